The molecule has 0 aliphatic rings. The van der Waals surface area contributed by atoms with Crippen molar-refractivity contribution < 1.29 is 24.8 Å². The maximum atomic E-state index is 5.12. The molecule has 1 aromatic carbocycles. The van der Waals surface area contributed by atoms with E-state index in [0.29, 0.717) is 0 Å². The molecule has 0 bridgehead atoms. The van der Waals surface area contributed by atoms with Gasteiger partial charge in [0.2, 0.25) is 0 Å². The molecule has 0 amide bonds. The van der Waals surface area contributed by atoms with Gasteiger partial charge in [0.25, 0.3) is 0 Å². The summed E-state index contributed by atoms with van der Waals surface area (Å²) in [6.07, 6.45) is 1.78. The second-order valence-electron chi connectivity index (χ2n) is 3.67. The Morgan fingerprint density at radius 2 is 1.71 bits per heavy atom. The van der Waals surface area contributed by atoms with E-state index in [-0.39, 0.29) is 20.1 Å². The van der Waals surface area contributed by atoms with Crippen molar-refractivity contribution in [3.8, 4) is 17.0 Å². The van der Waals surface area contributed by atoms with Crippen LogP contribution in [0, 0.1) is 13.8 Å². The Labute approximate surface area is 115 Å². The third-order valence-corrected chi connectivity index (χ3v) is 2.43. The van der Waals surface area contributed by atoms with Gasteiger partial charge >= 0.3 is 20.1 Å². The normalized spacial score (nSPS) is 9.59. The third-order valence-electron chi connectivity index (χ3n) is 2.43. The van der Waals surface area contributed by atoms with Crippen LogP contribution in [0.3, 0.4) is 0 Å². The van der Waals surface area contributed by atoms with Gasteiger partial charge < -0.3 is 4.74 Å². The van der Waals surface area contributed by atoms with E-state index in [2.05, 4.69) is 9.97 Å². The van der Waals surface area contributed by atoms with Crippen molar-refractivity contribution in [3.05, 3.63) is 41.9 Å². The van der Waals surface area contributed by atoms with Crippen LogP contribution in [0.1, 0.15) is 11.4 Å². The Balaban J connectivity index is 0.00000144. The van der Waals surface area contributed by atoms with Gasteiger partial charge in [-0.3, -0.25) is 9.97 Å². The molecule has 3 nitrogen and oxygen atoms in total. The molecule has 1 aromatic heterocycles. The molecule has 2 rings (SSSR count). The van der Waals surface area contributed by atoms with Gasteiger partial charge in [-0.15, -0.1) is 0 Å². The Morgan fingerprint density at radius 1 is 1.06 bits per heavy atom. The van der Waals surface area contributed by atoms with Gasteiger partial charge in [-0.2, -0.15) is 0 Å². The largest absolute Gasteiger partial charge is 3.00 e. The number of rotatable bonds is 2. The summed E-state index contributed by atoms with van der Waals surface area (Å²) in [4.78, 5) is 8.80. The van der Waals surface area contributed by atoms with E-state index in [1.165, 1.54) is 0 Å². The molecular weight excluding hydrogens is 392 g/mol. The van der Waals surface area contributed by atoms with Crippen LogP contribution in [0.15, 0.2) is 30.5 Å². The van der Waals surface area contributed by atoms with Crippen molar-refractivity contribution >= 4 is 0 Å². The van der Waals surface area contributed by atoms with E-state index in [4.69, 9.17) is 4.74 Å². The number of ether oxygens (including phenoxy) is 1. The van der Waals surface area contributed by atoms with Crippen molar-refractivity contribution in [2.75, 3.05) is 7.11 Å². The van der Waals surface area contributed by atoms with Crippen molar-refractivity contribution in [2.45, 2.75) is 13.8 Å². The molecule has 1 heterocycles. The summed E-state index contributed by atoms with van der Waals surface area (Å²) in [5.74, 6) is 0.849. The van der Waals surface area contributed by atoms with Crippen molar-refractivity contribution in [2.24, 2.45) is 0 Å². The molecule has 0 spiro atoms. The second-order valence-corrected chi connectivity index (χ2v) is 3.67. The van der Waals surface area contributed by atoms with Crippen molar-refractivity contribution in [1.82, 2.24) is 9.97 Å². The molecule has 0 saturated heterocycles. The van der Waals surface area contributed by atoms with Crippen LogP contribution in [-0.2, 0) is 20.1 Å². The first kappa shape index (κ1) is 13.8. The average molecular weight is 406 g/mol. The van der Waals surface area contributed by atoms with Crippen molar-refractivity contribution in [1.29, 1.82) is 0 Å². The standard InChI is InChI=1S/C13H14N2O.Ir/c1-9-8-14-13(10(2)15-9)11-4-6-12(16-3)7-5-11;/h4-8H,1-3H3;/q;+3. The van der Waals surface area contributed by atoms with E-state index >= 15 is 0 Å². The Hall–Kier alpha value is -1.25. The summed E-state index contributed by atoms with van der Waals surface area (Å²) < 4.78 is 5.12. The number of aryl methyl sites for hydroxylation is 2. The fraction of sp³-hybridized carbons (Fsp3) is 0.231. The van der Waals surface area contributed by atoms with E-state index in [1.54, 1.807) is 13.3 Å². The predicted molar refractivity (Wildman–Crippen MR) is 63.5 cm³/mol. The fourth-order valence-electron chi connectivity index (χ4n) is 1.63. The van der Waals surface area contributed by atoms with Crippen LogP contribution in [0.25, 0.3) is 11.3 Å². The molecule has 4 heteroatoms. The minimum absolute atomic E-state index is 0. The smallest absolute Gasteiger partial charge is 0.497 e. The van der Waals surface area contributed by atoms with E-state index < -0.39 is 0 Å². The Bertz CT molecular complexity index is 497. The zero-order chi connectivity index (χ0) is 11.5. The van der Waals surface area contributed by atoms with E-state index in [9.17, 15) is 0 Å². The summed E-state index contributed by atoms with van der Waals surface area (Å²) in [5.41, 5.74) is 3.87. The zero-order valence-corrected chi connectivity index (χ0v) is 12.4. The van der Waals surface area contributed by atoms with Crippen molar-refractivity contribution in [3.63, 3.8) is 0 Å². The number of methoxy groups -OCH3 is 1. The molecule has 0 unspecified atom stereocenters. The van der Waals surface area contributed by atoms with Gasteiger partial charge in [-0.05, 0) is 38.1 Å². The number of nitrogens with zero attached hydrogens (tertiary/aromatic N) is 2. The minimum Gasteiger partial charge on any atom is -0.497 e. The summed E-state index contributed by atoms with van der Waals surface area (Å²) in [6.45, 7) is 3.91. The topological polar surface area (TPSA) is 35.0 Å². The Kier molecular flexibility index (Phi) is 4.79. The first-order valence-corrected chi connectivity index (χ1v) is 5.15. The predicted octanol–water partition coefficient (Wildman–Crippen LogP) is 2.77. The molecule has 0 aliphatic carbocycles. The molecule has 0 saturated carbocycles. The van der Waals surface area contributed by atoms with Crippen LogP contribution >= 0.6 is 0 Å². The van der Waals surface area contributed by atoms with Gasteiger partial charge in [0, 0.05) is 11.8 Å². The van der Waals surface area contributed by atoms with Gasteiger partial charge in [-0.1, -0.05) is 0 Å². The molecule has 0 radical (unpaired) electrons. The quantitative estimate of drug-likeness (QED) is 0.769. The van der Waals surface area contributed by atoms with Gasteiger partial charge in [-0.25, -0.2) is 0 Å². The summed E-state index contributed by atoms with van der Waals surface area (Å²) in [6, 6.07) is 7.84. The number of hydrogen-bond donors (Lipinski definition) is 0. The van der Waals surface area contributed by atoms with Crippen LogP contribution in [0.4, 0.5) is 0 Å². The SMILES string of the molecule is COc1ccc(-c2ncc(C)nc2C)cc1.[Ir+3]. The monoisotopic (exact) mass is 407 g/mol. The van der Waals surface area contributed by atoms with Gasteiger partial charge in [0.05, 0.1) is 24.2 Å². The van der Waals surface area contributed by atoms with Crippen LogP contribution in [0.5, 0.6) is 5.75 Å². The maximum absolute atomic E-state index is 5.12. The molecule has 88 valence electrons. The summed E-state index contributed by atoms with van der Waals surface area (Å²) in [7, 11) is 1.66. The van der Waals surface area contributed by atoms with Crippen LogP contribution in [0.2, 0.25) is 0 Å². The molecule has 0 N–H and O–H groups in total. The van der Waals surface area contributed by atoms with E-state index in [0.717, 1.165) is 28.4 Å². The minimum atomic E-state index is 0. The van der Waals surface area contributed by atoms with Crippen LogP contribution in [-0.4, -0.2) is 17.1 Å². The summed E-state index contributed by atoms with van der Waals surface area (Å²) >= 11 is 0. The Morgan fingerprint density at radius 3 is 2.24 bits per heavy atom. The molecule has 0 atom stereocenters. The van der Waals surface area contributed by atoms with E-state index in [1.807, 2.05) is 38.1 Å². The maximum Gasteiger partial charge on any atom is 3.00 e. The summed E-state index contributed by atoms with van der Waals surface area (Å²) in [5, 5.41) is 0. The first-order chi connectivity index (χ1) is 7.70. The number of benzene rings is 1. The molecular formula is C13H14IrN2O+3. The first-order valence-electron chi connectivity index (χ1n) is 5.15. The zero-order valence-electron chi connectivity index (χ0n) is 10.0. The van der Waals surface area contributed by atoms with Crippen LogP contribution < -0.4 is 4.74 Å². The number of hydrogen-bond acceptors (Lipinski definition) is 3. The molecule has 0 aliphatic heterocycles. The molecule has 2 aromatic rings. The second kappa shape index (κ2) is 5.89. The van der Waals surface area contributed by atoms with Gasteiger partial charge in [0.15, 0.2) is 0 Å². The fourth-order valence-corrected chi connectivity index (χ4v) is 1.63. The van der Waals surface area contributed by atoms with Gasteiger partial charge in [0.1, 0.15) is 5.75 Å². The molecule has 0 fully saturated rings. The third kappa shape index (κ3) is 3.11. The average Bonchev–Trinajstić information content (AvgIpc) is 2.29. The number of aromatic nitrogens is 2. The molecule has 17 heavy (non-hydrogen) atoms.